The largest absolute Gasteiger partial charge is 0.329 e. The second-order valence-corrected chi connectivity index (χ2v) is 7.60. The Morgan fingerprint density at radius 2 is 1.89 bits per heavy atom. The van der Waals surface area contributed by atoms with Gasteiger partial charge in [0, 0.05) is 25.7 Å². The highest BCUT2D eigenvalue weighted by molar-refractivity contribution is 7.91. The van der Waals surface area contributed by atoms with Crippen molar-refractivity contribution in [2.24, 2.45) is 5.73 Å². The minimum absolute atomic E-state index is 0.121. The fraction of sp³-hybridized carbons (Fsp3) is 0.571. The second-order valence-electron chi connectivity index (χ2n) is 5.30. The van der Waals surface area contributed by atoms with Gasteiger partial charge in [-0.15, -0.1) is 0 Å². The zero-order chi connectivity index (χ0) is 14.0. The number of hydrogen-bond donors (Lipinski definition) is 1. The van der Waals surface area contributed by atoms with Crippen molar-refractivity contribution in [2.45, 2.75) is 19.9 Å². The summed E-state index contributed by atoms with van der Waals surface area (Å²) in [6, 6.07) is 6.48. The maximum Gasteiger partial charge on any atom is 0.152 e. The molecule has 1 aromatic carbocycles. The number of nitrogens with two attached hydrogens (primary N) is 1. The van der Waals surface area contributed by atoms with E-state index in [4.69, 9.17) is 5.73 Å². The van der Waals surface area contributed by atoms with E-state index in [1.807, 2.05) is 0 Å². The van der Waals surface area contributed by atoms with Gasteiger partial charge in [-0.3, -0.25) is 4.90 Å². The van der Waals surface area contributed by atoms with E-state index in [-0.39, 0.29) is 17.5 Å². The van der Waals surface area contributed by atoms with Crippen LogP contribution in [-0.4, -0.2) is 44.5 Å². The van der Waals surface area contributed by atoms with Crippen LogP contribution >= 0.6 is 0 Å². The molecule has 0 aliphatic carbocycles. The van der Waals surface area contributed by atoms with Gasteiger partial charge in [-0.25, -0.2) is 8.42 Å². The van der Waals surface area contributed by atoms with Gasteiger partial charge < -0.3 is 5.73 Å². The first-order valence-corrected chi connectivity index (χ1v) is 8.47. The van der Waals surface area contributed by atoms with Crippen molar-refractivity contribution in [1.29, 1.82) is 0 Å². The zero-order valence-electron chi connectivity index (χ0n) is 11.6. The van der Waals surface area contributed by atoms with Crippen LogP contribution in [0.3, 0.4) is 0 Å². The predicted molar refractivity (Wildman–Crippen MR) is 77.9 cm³/mol. The van der Waals surface area contributed by atoms with Crippen molar-refractivity contribution in [3.8, 4) is 0 Å². The monoisotopic (exact) mass is 282 g/mol. The van der Waals surface area contributed by atoms with Gasteiger partial charge in [0.15, 0.2) is 9.84 Å². The van der Waals surface area contributed by atoms with E-state index < -0.39 is 9.84 Å². The predicted octanol–water partition coefficient (Wildman–Crippen LogP) is 1.03. The van der Waals surface area contributed by atoms with Crippen LogP contribution in [0.25, 0.3) is 0 Å². The number of hydrogen-bond acceptors (Lipinski definition) is 4. The molecule has 19 heavy (non-hydrogen) atoms. The van der Waals surface area contributed by atoms with Crippen molar-refractivity contribution in [3.63, 3.8) is 0 Å². The van der Waals surface area contributed by atoms with Gasteiger partial charge in [0.2, 0.25) is 0 Å². The summed E-state index contributed by atoms with van der Waals surface area (Å²) < 4.78 is 23.0. The first-order chi connectivity index (χ1) is 8.93. The smallest absolute Gasteiger partial charge is 0.152 e. The number of rotatable bonds is 3. The molecule has 1 atom stereocenters. The molecule has 1 heterocycles. The molecule has 0 spiro atoms. The average Bonchev–Trinajstić information content (AvgIpc) is 2.34. The average molecular weight is 282 g/mol. The second kappa shape index (κ2) is 5.61. The molecular weight excluding hydrogens is 260 g/mol. The van der Waals surface area contributed by atoms with Gasteiger partial charge in [-0.1, -0.05) is 23.8 Å². The first kappa shape index (κ1) is 14.5. The SMILES string of the molecule is Cc1ccc(C(CN)N2CCS(=O)(=O)CC2)c(C)c1. The molecule has 1 aromatic rings. The highest BCUT2D eigenvalue weighted by atomic mass is 32.2. The lowest BCUT2D eigenvalue weighted by Crippen LogP contribution is -2.44. The highest BCUT2D eigenvalue weighted by Crippen LogP contribution is 2.25. The maximum absolute atomic E-state index is 11.5. The van der Waals surface area contributed by atoms with Crippen LogP contribution in [0.4, 0.5) is 0 Å². The minimum atomic E-state index is -2.84. The summed E-state index contributed by atoms with van der Waals surface area (Å²) in [6.45, 7) is 5.84. The van der Waals surface area contributed by atoms with Crippen LogP contribution in [0.5, 0.6) is 0 Å². The molecule has 106 valence electrons. The number of nitrogens with zero attached hydrogens (tertiary/aromatic N) is 1. The summed E-state index contributed by atoms with van der Waals surface area (Å²) in [5, 5.41) is 0. The van der Waals surface area contributed by atoms with Crippen LogP contribution in [0.1, 0.15) is 22.7 Å². The van der Waals surface area contributed by atoms with Crippen LogP contribution in [-0.2, 0) is 9.84 Å². The molecule has 1 aliphatic heterocycles. The molecule has 1 saturated heterocycles. The molecule has 0 bridgehead atoms. The molecule has 4 nitrogen and oxygen atoms in total. The molecule has 2 N–H and O–H groups in total. The molecule has 0 aromatic heterocycles. The third-order valence-electron chi connectivity index (χ3n) is 3.83. The quantitative estimate of drug-likeness (QED) is 0.899. The van der Waals surface area contributed by atoms with E-state index in [1.54, 1.807) is 0 Å². The van der Waals surface area contributed by atoms with Crippen molar-refractivity contribution in [1.82, 2.24) is 4.90 Å². The van der Waals surface area contributed by atoms with Gasteiger partial charge in [0.25, 0.3) is 0 Å². The fourth-order valence-corrected chi connectivity index (χ4v) is 3.94. The molecule has 0 amide bonds. The summed E-state index contributed by atoms with van der Waals surface area (Å²) in [7, 11) is -2.84. The van der Waals surface area contributed by atoms with Crippen molar-refractivity contribution in [3.05, 3.63) is 34.9 Å². The zero-order valence-corrected chi connectivity index (χ0v) is 12.4. The molecule has 1 unspecified atom stereocenters. The van der Waals surface area contributed by atoms with E-state index in [0.717, 1.165) is 0 Å². The molecule has 1 fully saturated rings. The van der Waals surface area contributed by atoms with Crippen molar-refractivity contribution in [2.75, 3.05) is 31.1 Å². The number of aryl methyl sites for hydroxylation is 2. The fourth-order valence-electron chi connectivity index (χ4n) is 2.71. The Morgan fingerprint density at radius 1 is 1.26 bits per heavy atom. The lowest BCUT2D eigenvalue weighted by molar-refractivity contribution is 0.218. The standard InChI is InChI=1S/C14H22N2O2S/c1-11-3-4-13(12(2)9-11)14(10-15)16-5-7-19(17,18)8-6-16/h3-4,9,14H,5-8,10,15H2,1-2H3. The highest BCUT2D eigenvalue weighted by Gasteiger charge is 2.27. The maximum atomic E-state index is 11.5. The van der Waals surface area contributed by atoms with Gasteiger partial charge in [0.1, 0.15) is 0 Å². The van der Waals surface area contributed by atoms with Crippen molar-refractivity contribution < 1.29 is 8.42 Å². The summed E-state index contributed by atoms with van der Waals surface area (Å²) in [5.74, 6) is 0.489. The van der Waals surface area contributed by atoms with E-state index in [1.165, 1.54) is 16.7 Å². The van der Waals surface area contributed by atoms with Gasteiger partial charge >= 0.3 is 0 Å². The molecule has 2 rings (SSSR count). The molecule has 0 saturated carbocycles. The van der Waals surface area contributed by atoms with Crippen LogP contribution in [0, 0.1) is 13.8 Å². The molecular formula is C14H22N2O2S. The Bertz CT molecular complexity index is 541. The Hall–Kier alpha value is -0.910. The molecule has 1 aliphatic rings. The van der Waals surface area contributed by atoms with Crippen LogP contribution in [0.15, 0.2) is 18.2 Å². The lowest BCUT2D eigenvalue weighted by Gasteiger charge is -2.34. The van der Waals surface area contributed by atoms with Crippen LogP contribution < -0.4 is 5.73 Å². The Balaban J connectivity index is 2.21. The van der Waals surface area contributed by atoms with Gasteiger partial charge in [-0.05, 0) is 25.0 Å². The lowest BCUT2D eigenvalue weighted by atomic mass is 9.98. The topological polar surface area (TPSA) is 63.4 Å². The molecule has 0 radical (unpaired) electrons. The third kappa shape index (κ3) is 3.35. The van der Waals surface area contributed by atoms with E-state index >= 15 is 0 Å². The normalized spacial score (nSPS) is 21.2. The van der Waals surface area contributed by atoms with Gasteiger partial charge in [-0.2, -0.15) is 0 Å². The van der Waals surface area contributed by atoms with Gasteiger partial charge in [0.05, 0.1) is 11.5 Å². The molecule has 5 heteroatoms. The van der Waals surface area contributed by atoms with E-state index in [9.17, 15) is 8.42 Å². The number of benzene rings is 1. The summed E-state index contributed by atoms with van der Waals surface area (Å²) in [6.07, 6.45) is 0. The Kier molecular flexibility index (Phi) is 4.28. The minimum Gasteiger partial charge on any atom is -0.329 e. The van der Waals surface area contributed by atoms with E-state index in [0.29, 0.717) is 19.6 Å². The Labute approximate surface area is 115 Å². The third-order valence-corrected chi connectivity index (χ3v) is 5.44. The number of sulfone groups is 1. The van der Waals surface area contributed by atoms with Crippen molar-refractivity contribution >= 4 is 9.84 Å². The summed E-state index contributed by atoms with van der Waals surface area (Å²) in [4.78, 5) is 2.19. The summed E-state index contributed by atoms with van der Waals surface area (Å²) >= 11 is 0. The Morgan fingerprint density at radius 3 is 2.42 bits per heavy atom. The summed E-state index contributed by atoms with van der Waals surface area (Å²) in [5.41, 5.74) is 9.59. The van der Waals surface area contributed by atoms with E-state index in [2.05, 4.69) is 36.9 Å². The first-order valence-electron chi connectivity index (χ1n) is 6.64. The van der Waals surface area contributed by atoms with Crippen LogP contribution in [0.2, 0.25) is 0 Å².